The number of carbonyl (C=O) groups excluding carboxylic acids is 1. The van der Waals surface area contributed by atoms with Crippen LogP contribution in [0.3, 0.4) is 0 Å². The summed E-state index contributed by atoms with van der Waals surface area (Å²) in [5.41, 5.74) is 4.20. The number of hydrogen-bond donors (Lipinski definition) is 0. The summed E-state index contributed by atoms with van der Waals surface area (Å²) in [6, 6.07) is 13.6. The van der Waals surface area contributed by atoms with Gasteiger partial charge in [-0.05, 0) is 49.2 Å². The second-order valence-electron chi connectivity index (χ2n) is 5.42. The first-order valence-corrected chi connectivity index (χ1v) is 7.42. The average Bonchev–Trinajstić information content (AvgIpc) is 2.43. The highest BCUT2D eigenvalue weighted by Crippen LogP contribution is 2.20. The Hall–Kier alpha value is -1.80. The molecule has 0 aliphatic carbocycles. The highest BCUT2D eigenvalue weighted by atomic mass is 35.5. The lowest BCUT2D eigenvalue weighted by atomic mass is 10.1. The number of rotatable bonds is 5. The van der Waals surface area contributed by atoms with E-state index in [2.05, 4.69) is 36.9 Å². The number of carbonyl (C=O) groups is 1. The molecular formula is C18H20ClNO. The smallest absolute Gasteiger partial charge is 0.166 e. The number of ketones is 1. The molecule has 3 heteroatoms. The Bertz CT molecular complexity index is 631. The summed E-state index contributed by atoms with van der Waals surface area (Å²) in [7, 11) is 2.01. The summed E-state index contributed by atoms with van der Waals surface area (Å²) < 4.78 is 0. The Morgan fingerprint density at radius 1 is 1.10 bits per heavy atom. The Labute approximate surface area is 131 Å². The molecule has 0 aliphatic heterocycles. The molecule has 0 spiro atoms. The van der Waals surface area contributed by atoms with Gasteiger partial charge in [0.1, 0.15) is 0 Å². The molecule has 0 radical (unpaired) electrons. The standard InChI is InChI=1S/C18H20ClNO/c1-13-10-14(2)12-15(11-13)20(3)9-8-18(21)16-6-4-5-7-17(16)19/h4-7,10-12H,8-9H2,1-3H3. The molecule has 0 amide bonds. The minimum atomic E-state index is 0.0804. The van der Waals surface area contributed by atoms with Gasteiger partial charge in [-0.25, -0.2) is 0 Å². The maximum absolute atomic E-state index is 12.2. The van der Waals surface area contributed by atoms with Crippen LogP contribution in [0, 0.1) is 13.8 Å². The van der Waals surface area contributed by atoms with E-state index in [1.165, 1.54) is 11.1 Å². The van der Waals surface area contributed by atoms with Crippen molar-refractivity contribution in [3.8, 4) is 0 Å². The Morgan fingerprint density at radius 3 is 2.33 bits per heavy atom. The van der Waals surface area contributed by atoms with Crippen molar-refractivity contribution in [3.05, 3.63) is 64.2 Å². The van der Waals surface area contributed by atoms with E-state index in [0.29, 0.717) is 23.6 Å². The van der Waals surface area contributed by atoms with Crippen molar-refractivity contribution in [2.45, 2.75) is 20.3 Å². The van der Waals surface area contributed by atoms with Crippen LogP contribution >= 0.6 is 11.6 Å². The van der Waals surface area contributed by atoms with Crippen LogP contribution in [0.2, 0.25) is 5.02 Å². The predicted molar refractivity (Wildman–Crippen MR) is 89.6 cm³/mol. The topological polar surface area (TPSA) is 20.3 Å². The van der Waals surface area contributed by atoms with Crippen LogP contribution in [-0.4, -0.2) is 19.4 Å². The van der Waals surface area contributed by atoms with Gasteiger partial charge in [-0.3, -0.25) is 4.79 Å². The molecule has 0 saturated heterocycles. The minimum absolute atomic E-state index is 0.0804. The highest BCUT2D eigenvalue weighted by Gasteiger charge is 2.11. The third-order valence-corrected chi connectivity index (χ3v) is 3.83. The van der Waals surface area contributed by atoms with Gasteiger partial charge >= 0.3 is 0 Å². The molecule has 0 aliphatic rings. The van der Waals surface area contributed by atoms with Crippen molar-refractivity contribution >= 4 is 23.1 Å². The molecule has 0 fully saturated rings. The van der Waals surface area contributed by atoms with Crippen LogP contribution in [0.1, 0.15) is 27.9 Å². The number of halogens is 1. The zero-order valence-corrected chi connectivity index (χ0v) is 13.4. The lowest BCUT2D eigenvalue weighted by Crippen LogP contribution is -2.21. The van der Waals surface area contributed by atoms with Gasteiger partial charge in [-0.15, -0.1) is 0 Å². The van der Waals surface area contributed by atoms with Gasteiger partial charge in [0.05, 0.1) is 5.02 Å². The van der Waals surface area contributed by atoms with Crippen molar-refractivity contribution in [1.29, 1.82) is 0 Å². The lowest BCUT2D eigenvalue weighted by Gasteiger charge is -2.20. The molecular weight excluding hydrogens is 282 g/mol. The second-order valence-corrected chi connectivity index (χ2v) is 5.83. The number of nitrogens with zero attached hydrogens (tertiary/aromatic N) is 1. The van der Waals surface area contributed by atoms with E-state index in [0.717, 1.165) is 5.69 Å². The van der Waals surface area contributed by atoms with E-state index in [1.54, 1.807) is 12.1 Å². The minimum Gasteiger partial charge on any atom is -0.374 e. The van der Waals surface area contributed by atoms with Gasteiger partial charge < -0.3 is 4.90 Å². The van der Waals surface area contributed by atoms with Crippen molar-refractivity contribution in [3.63, 3.8) is 0 Å². The van der Waals surface area contributed by atoms with Crippen molar-refractivity contribution < 1.29 is 4.79 Å². The fraction of sp³-hybridized carbons (Fsp3) is 0.278. The highest BCUT2D eigenvalue weighted by molar-refractivity contribution is 6.33. The fourth-order valence-corrected chi connectivity index (χ4v) is 2.63. The molecule has 0 N–H and O–H groups in total. The van der Waals surface area contributed by atoms with Crippen molar-refractivity contribution in [1.82, 2.24) is 0 Å². The van der Waals surface area contributed by atoms with Gasteiger partial charge in [-0.1, -0.05) is 29.8 Å². The van der Waals surface area contributed by atoms with Crippen LogP contribution in [-0.2, 0) is 0 Å². The molecule has 2 aromatic carbocycles. The van der Waals surface area contributed by atoms with Crippen LogP contribution < -0.4 is 4.90 Å². The largest absolute Gasteiger partial charge is 0.374 e. The van der Waals surface area contributed by atoms with E-state index in [4.69, 9.17) is 11.6 Å². The van der Waals surface area contributed by atoms with E-state index >= 15 is 0 Å². The Kier molecular flexibility index (Phi) is 5.03. The normalized spacial score (nSPS) is 10.5. The summed E-state index contributed by atoms with van der Waals surface area (Å²) in [4.78, 5) is 14.3. The van der Waals surface area contributed by atoms with Crippen LogP contribution in [0.25, 0.3) is 0 Å². The third-order valence-electron chi connectivity index (χ3n) is 3.50. The first kappa shape index (κ1) is 15.6. The monoisotopic (exact) mass is 301 g/mol. The van der Waals surface area contributed by atoms with Gasteiger partial charge in [0.2, 0.25) is 0 Å². The second kappa shape index (κ2) is 6.77. The van der Waals surface area contributed by atoms with Gasteiger partial charge in [0.25, 0.3) is 0 Å². The van der Waals surface area contributed by atoms with E-state index in [-0.39, 0.29) is 5.78 Å². The summed E-state index contributed by atoms with van der Waals surface area (Å²) >= 11 is 6.06. The molecule has 0 heterocycles. The molecule has 21 heavy (non-hydrogen) atoms. The zero-order valence-electron chi connectivity index (χ0n) is 12.7. The van der Waals surface area contributed by atoms with Crippen molar-refractivity contribution in [2.75, 3.05) is 18.5 Å². The predicted octanol–water partition coefficient (Wildman–Crippen LogP) is 4.67. The van der Waals surface area contributed by atoms with Gasteiger partial charge in [-0.2, -0.15) is 0 Å². The number of anilines is 1. The molecule has 2 aromatic rings. The fourth-order valence-electron chi connectivity index (χ4n) is 2.39. The van der Waals surface area contributed by atoms with Crippen LogP contribution in [0.15, 0.2) is 42.5 Å². The number of aryl methyl sites for hydroxylation is 2. The molecule has 2 rings (SSSR count). The molecule has 2 nitrogen and oxygen atoms in total. The van der Waals surface area contributed by atoms with E-state index < -0.39 is 0 Å². The number of hydrogen-bond acceptors (Lipinski definition) is 2. The third kappa shape index (κ3) is 4.08. The average molecular weight is 302 g/mol. The summed E-state index contributed by atoms with van der Waals surface area (Å²) in [6.45, 7) is 4.84. The molecule has 0 saturated carbocycles. The van der Waals surface area contributed by atoms with Crippen LogP contribution in [0.5, 0.6) is 0 Å². The van der Waals surface area contributed by atoms with Gasteiger partial charge in [0, 0.05) is 31.3 Å². The molecule has 0 atom stereocenters. The van der Waals surface area contributed by atoms with Gasteiger partial charge in [0.15, 0.2) is 5.78 Å². The van der Waals surface area contributed by atoms with E-state index in [1.807, 2.05) is 19.2 Å². The zero-order chi connectivity index (χ0) is 15.4. The molecule has 0 bridgehead atoms. The first-order valence-electron chi connectivity index (χ1n) is 7.04. The van der Waals surface area contributed by atoms with Crippen LogP contribution in [0.4, 0.5) is 5.69 Å². The lowest BCUT2D eigenvalue weighted by molar-refractivity contribution is 0.0985. The Morgan fingerprint density at radius 2 is 1.71 bits per heavy atom. The summed E-state index contributed by atoms with van der Waals surface area (Å²) in [5, 5.41) is 0.525. The SMILES string of the molecule is Cc1cc(C)cc(N(C)CCC(=O)c2ccccc2Cl)c1. The molecule has 0 aromatic heterocycles. The van der Waals surface area contributed by atoms with E-state index in [9.17, 15) is 4.79 Å². The quantitative estimate of drug-likeness (QED) is 0.748. The Balaban J connectivity index is 2.02. The number of benzene rings is 2. The first-order chi connectivity index (χ1) is 9.97. The molecule has 0 unspecified atom stereocenters. The maximum atomic E-state index is 12.2. The maximum Gasteiger partial charge on any atom is 0.166 e. The molecule has 110 valence electrons. The number of Topliss-reactive ketones (excluding diaryl/α,β-unsaturated/α-hetero) is 1. The summed E-state index contributed by atoms with van der Waals surface area (Å²) in [5.74, 6) is 0.0804. The van der Waals surface area contributed by atoms with Crippen molar-refractivity contribution in [2.24, 2.45) is 0 Å². The summed E-state index contributed by atoms with van der Waals surface area (Å²) in [6.07, 6.45) is 0.452.